The molecule has 0 bridgehead atoms. The van der Waals surface area contributed by atoms with Gasteiger partial charge in [0.1, 0.15) is 5.76 Å². The van der Waals surface area contributed by atoms with Crippen molar-refractivity contribution in [2.75, 3.05) is 6.54 Å². The highest BCUT2D eigenvalue weighted by molar-refractivity contribution is 5.95. The second-order valence-corrected chi connectivity index (χ2v) is 4.87. The molecular formula is C17H21NO2. The number of hydrogen-bond donors (Lipinski definition) is 1. The molecule has 0 aliphatic carbocycles. The summed E-state index contributed by atoms with van der Waals surface area (Å²) in [5.74, 6) is 0.762. The van der Waals surface area contributed by atoms with Crippen LogP contribution >= 0.6 is 0 Å². The molecule has 106 valence electrons. The van der Waals surface area contributed by atoms with E-state index in [4.69, 9.17) is 4.42 Å². The molecule has 1 aromatic heterocycles. The zero-order valence-electron chi connectivity index (χ0n) is 11.9. The zero-order valence-corrected chi connectivity index (χ0v) is 11.9. The number of nitrogens with one attached hydrogen (secondary N) is 1. The van der Waals surface area contributed by atoms with Crippen LogP contribution in [0.3, 0.4) is 0 Å². The molecular weight excluding hydrogens is 250 g/mol. The molecule has 2 rings (SSSR count). The third-order valence-electron chi connectivity index (χ3n) is 3.25. The molecule has 0 saturated heterocycles. The Morgan fingerprint density at radius 2 is 2.05 bits per heavy atom. The first kappa shape index (κ1) is 14.4. The number of furan rings is 1. The van der Waals surface area contributed by atoms with Crippen LogP contribution in [0.4, 0.5) is 0 Å². The molecule has 0 saturated carbocycles. The minimum Gasteiger partial charge on any atom is -0.464 e. The van der Waals surface area contributed by atoms with E-state index >= 15 is 0 Å². The Labute approximate surface area is 120 Å². The molecule has 1 N–H and O–H groups in total. The quantitative estimate of drug-likeness (QED) is 0.765. The molecule has 1 heterocycles. The van der Waals surface area contributed by atoms with E-state index in [1.54, 1.807) is 6.26 Å². The van der Waals surface area contributed by atoms with Gasteiger partial charge >= 0.3 is 0 Å². The first-order valence-electron chi connectivity index (χ1n) is 7.23. The van der Waals surface area contributed by atoms with Crippen LogP contribution in [0.1, 0.15) is 43.0 Å². The van der Waals surface area contributed by atoms with Crippen molar-refractivity contribution in [3.05, 3.63) is 48.2 Å². The molecule has 0 unspecified atom stereocenters. The van der Waals surface area contributed by atoms with Gasteiger partial charge in [-0.3, -0.25) is 4.79 Å². The number of unbranched alkanes of at least 4 members (excludes halogenated alkanes) is 3. The summed E-state index contributed by atoms with van der Waals surface area (Å²) in [5.41, 5.74) is 1.60. The van der Waals surface area contributed by atoms with Crippen molar-refractivity contribution < 1.29 is 9.21 Å². The highest BCUT2D eigenvalue weighted by Gasteiger charge is 2.07. The number of amides is 1. The Bertz CT molecular complexity index is 532. The molecule has 1 amide bonds. The fourth-order valence-corrected chi connectivity index (χ4v) is 2.11. The summed E-state index contributed by atoms with van der Waals surface area (Å²) in [4.78, 5) is 12.1. The molecule has 0 atom stereocenters. The van der Waals surface area contributed by atoms with E-state index in [2.05, 4.69) is 12.2 Å². The summed E-state index contributed by atoms with van der Waals surface area (Å²) in [6, 6.07) is 11.2. The number of benzene rings is 1. The largest absolute Gasteiger partial charge is 0.464 e. The Morgan fingerprint density at radius 3 is 2.80 bits per heavy atom. The van der Waals surface area contributed by atoms with Crippen LogP contribution < -0.4 is 5.32 Å². The van der Waals surface area contributed by atoms with Crippen molar-refractivity contribution in [3.8, 4) is 11.3 Å². The average Bonchev–Trinajstić information content (AvgIpc) is 3.01. The molecule has 2 aromatic rings. The molecule has 0 aliphatic heterocycles. The monoisotopic (exact) mass is 271 g/mol. The van der Waals surface area contributed by atoms with E-state index in [9.17, 15) is 4.79 Å². The number of rotatable bonds is 7. The summed E-state index contributed by atoms with van der Waals surface area (Å²) >= 11 is 0. The van der Waals surface area contributed by atoms with Crippen LogP contribution in [-0.4, -0.2) is 12.5 Å². The zero-order chi connectivity index (χ0) is 14.2. The van der Waals surface area contributed by atoms with Gasteiger partial charge in [0.05, 0.1) is 6.26 Å². The van der Waals surface area contributed by atoms with Crippen LogP contribution in [0.15, 0.2) is 47.1 Å². The minimum atomic E-state index is -0.0186. The molecule has 0 spiro atoms. The highest BCUT2D eigenvalue weighted by Crippen LogP contribution is 2.20. The number of hydrogen-bond acceptors (Lipinski definition) is 2. The van der Waals surface area contributed by atoms with Crippen LogP contribution in [0, 0.1) is 0 Å². The standard InChI is InChI=1S/C17H21NO2/c1-2-3-4-5-11-18-17(19)15-9-6-8-14(13-15)16-10-7-12-20-16/h6-10,12-13H,2-5,11H2,1H3,(H,18,19). The normalized spacial score (nSPS) is 10.4. The molecule has 0 fully saturated rings. The molecule has 20 heavy (non-hydrogen) atoms. The Kier molecular flexibility index (Phi) is 5.42. The van der Waals surface area contributed by atoms with Gasteiger partial charge in [0.2, 0.25) is 0 Å². The van der Waals surface area contributed by atoms with E-state index in [-0.39, 0.29) is 5.91 Å². The predicted octanol–water partition coefficient (Wildman–Crippen LogP) is 4.26. The second-order valence-electron chi connectivity index (χ2n) is 4.87. The maximum absolute atomic E-state index is 12.1. The lowest BCUT2D eigenvalue weighted by Crippen LogP contribution is -2.24. The van der Waals surface area contributed by atoms with Gasteiger partial charge < -0.3 is 9.73 Å². The molecule has 0 aliphatic rings. The maximum atomic E-state index is 12.1. The van der Waals surface area contributed by atoms with Gasteiger partial charge in [-0.15, -0.1) is 0 Å². The Hall–Kier alpha value is -2.03. The molecule has 1 aromatic carbocycles. The van der Waals surface area contributed by atoms with Gasteiger partial charge in [0, 0.05) is 17.7 Å². The Morgan fingerprint density at radius 1 is 1.15 bits per heavy atom. The third-order valence-corrected chi connectivity index (χ3v) is 3.25. The smallest absolute Gasteiger partial charge is 0.251 e. The minimum absolute atomic E-state index is 0.0186. The first-order valence-corrected chi connectivity index (χ1v) is 7.23. The van der Waals surface area contributed by atoms with E-state index in [1.165, 1.54) is 19.3 Å². The summed E-state index contributed by atoms with van der Waals surface area (Å²) in [7, 11) is 0. The summed E-state index contributed by atoms with van der Waals surface area (Å²) in [5, 5.41) is 2.96. The van der Waals surface area contributed by atoms with E-state index in [0.717, 1.165) is 24.3 Å². The van der Waals surface area contributed by atoms with E-state index in [1.807, 2.05) is 36.4 Å². The van der Waals surface area contributed by atoms with Crippen molar-refractivity contribution in [1.29, 1.82) is 0 Å². The van der Waals surface area contributed by atoms with Crippen LogP contribution in [-0.2, 0) is 0 Å². The van der Waals surface area contributed by atoms with Gasteiger partial charge in [-0.25, -0.2) is 0 Å². The molecule has 3 nitrogen and oxygen atoms in total. The highest BCUT2D eigenvalue weighted by atomic mass is 16.3. The predicted molar refractivity (Wildman–Crippen MR) is 80.6 cm³/mol. The van der Waals surface area contributed by atoms with Gasteiger partial charge in [-0.2, -0.15) is 0 Å². The van der Waals surface area contributed by atoms with Gasteiger partial charge in [-0.05, 0) is 30.7 Å². The van der Waals surface area contributed by atoms with Crippen molar-refractivity contribution in [2.24, 2.45) is 0 Å². The lowest BCUT2D eigenvalue weighted by atomic mass is 10.1. The summed E-state index contributed by atoms with van der Waals surface area (Å²) < 4.78 is 5.35. The second kappa shape index (κ2) is 7.53. The Balaban J connectivity index is 1.92. The van der Waals surface area contributed by atoms with Crippen molar-refractivity contribution in [1.82, 2.24) is 5.32 Å². The summed E-state index contributed by atoms with van der Waals surface area (Å²) in [6.07, 6.45) is 6.28. The van der Waals surface area contributed by atoms with Gasteiger partial charge in [-0.1, -0.05) is 38.3 Å². The van der Waals surface area contributed by atoms with Crippen molar-refractivity contribution in [3.63, 3.8) is 0 Å². The number of carbonyl (C=O) groups excluding carboxylic acids is 1. The van der Waals surface area contributed by atoms with Crippen LogP contribution in [0.25, 0.3) is 11.3 Å². The average molecular weight is 271 g/mol. The fraction of sp³-hybridized carbons (Fsp3) is 0.353. The van der Waals surface area contributed by atoms with Gasteiger partial charge in [0.25, 0.3) is 5.91 Å². The van der Waals surface area contributed by atoms with Crippen LogP contribution in [0.2, 0.25) is 0 Å². The van der Waals surface area contributed by atoms with Crippen LogP contribution in [0.5, 0.6) is 0 Å². The lowest BCUT2D eigenvalue weighted by molar-refractivity contribution is 0.0953. The SMILES string of the molecule is CCCCCCNC(=O)c1cccc(-c2ccco2)c1. The number of carbonyl (C=O) groups is 1. The topological polar surface area (TPSA) is 42.2 Å². The van der Waals surface area contributed by atoms with Gasteiger partial charge in [0.15, 0.2) is 0 Å². The first-order chi connectivity index (χ1) is 9.81. The summed E-state index contributed by atoms with van der Waals surface area (Å²) in [6.45, 7) is 2.92. The third kappa shape index (κ3) is 3.98. The molecule has 3 heteroatoms. The lowest BCUT2D eigenvalue weighted by Gasteiger charge is -2.06. The van der Waals surface area contributed by atoms with Crippen molar-refractivity contribution in [2.45, 2.75) is 32.6 Å². The maximum Gasteiger partial charge on any atom is 0.251 e. The fourth-order valence-electron chi connectivity index (χ4n) is 2.11. The van der Waals surface area contributed by atoms with Crippen molar-refractivity contribution >= 4 is 5.91 Å². The van der Waals surface area contributed by atoms with E-state index < -0.39 is 0 Å². The van der Waals surface area contributed by atoms with E-state index in [0.29, 0.717) is 5.56 Å². The molecule has 0 radical (unpaired) electrons.